The Morgan fingerprint density at radius 2 is 2.36 bits per heavy atom. The molecule has 0 radical (unpaired) electrons. The monoisotopic (exact) mass is 208 g/mol. The van der Waals surface area contributed by atoms with Crippen LogP contribution in [0.2, 0.25) is 0 Å². The van der Waals surface area contributed by atoms with Crippen LogP contribution in [0.4, 0.5) is 0 Å². The van der Waals surface area contributed by atoms with Gasteiger partial charge >= 0.3 is 0 Å². The average Bonchev–Trinajstić information content (AvgIpc) is 2.18. The predicted octanol–water partition coefficient (Wildman–Crippen LogP) is 3.65. The van der Waals surface area contributed by atoms with Gasteiger partial charge in [-0.3, -0.25) is 0 Å². The molecule has 1 nitrogen and oxygen atoms in total. The van der Waals surface area contributed by atoms with Crippen molar-refractivity contribution in [3.8, 4) is 12.3 Å². The van der Waals surface area contributed by atoms with Gasteiger partial charge in [0.15, 0.2) is 0 Å². The summed E-state index contributed by atoms with van der Waals surface area (Å²) in [7, 11) is 0. The molecule has 0 aliphatic carbocycles. The van der Waals surface area contributed by atoms with Gasteiger partial charge in [0, 0.05) is 6.42 Å². The standard InChI is InChI=1S/C12H16OS/c1-5-8-9-14-12(4,7-3)10-11(13)6-2/h3,8-9,13H,2,5,10H2,1,4H3/b9-8-. The molecule has 0 heterocycles. The maximum Gasteiger partial charge on any atom is 0.136 e. The number of aliphatic hydroxyl groups is 1. The maximum absolute atomic E-state index is 9.29. The molecule has 1 N–H and O–H groups in total. The largest absolute Gasteiger partial charge is 0.505 e. The Morgan fingerprint density at radius 1 is 1.71 bits per heavy atom. The van der Waals surface area contributed by atoms with Crippen molar-refractivity contribution in [3.05, 3.63) is 29.6 Å². The van der Waals surface area contributed by atoms with E-state index in [1.54, 1.807) is 0 Å². The lowest BCUT2D eigenvalue weighted by atomic mass is 10.1. The van der Waals surface area contributed by atoms with Gasteiger partial charge in [0.1, 0.15) is 5.76 Å². The van der Waals surface area contributed by atoms with Gasteiger partial charge in [0.25, 0.3) is 0 Å². The summed E-state index contributed by atoms with van der Waals surface area (Å²) in [5, 5.41) is 11.3. The lowest BCUT2D eigenvalue weighted by Gasteiger charge is -2.19. The van der Waals surface area contributed by atoms with Gasteiger partial charge in [-0.1, -0.05) is 31.2 Å². The van der Waals surface area contributed by atoms with Crippen molar-refractivity contribution in [2.24, 2.45) is 0 Å². The van der Waals surface area contributed by atoms with E-state index in [0.717, 1.165) is 6.42 Å². The molecule has 2 heteroatoms. The summed E-state index contributed by atoms with van der Waals surface area (Å²) in [6.07, 6.45) is 8.83. The zero-order valence-electron chi connectivity index (χ0n) is 8.71. The molecule has 0 saturated carbocycles. The first-order valence-electron chi connectivity index (χ1n) is 4.46. The van der Waals surface area contributed by atoms with Crippen LogP contribution in [0.1, 0.15) is 26.7 Å². The van der Waals surface area contributed by atoms with Crippen LogP contribution in [0.25, 0.3) is 0 Å². The first-order chi connectivity index (χ1) is 6.58. The van der Waals surface area contributed by atoms with Crippen LogP contribution in [0, 0.1) is 12.3 Å². The molecule has 1 atom stereocenters. The Hall–Kier alpha value is -1.03. The first kappa shape index (κ1) is 13.0. The molecule has 0 aromatic carbocycles. The van der Waals surface area contributed by atoms with Crippen molar-refractivity contribution in [1.82, 2.24) is 0 Å². The van der Waals surface area contributed by atoms with E-state index in [1.807, 2.05) is 18.4 Å². The molecule has 1 unspecified atom stereocenters. The number of hydrogen-bond donors (Lipinski definition) is 1. The lowest BCUT2D eigenvalue weighted by molar-refractivity contribution is 0.382. The molecule has 0 saturated heterocycles. The second-order valence-corrected chi connectivity index (χ2v) is 4.48. The molecule has 0 aromatic heterocycles. The van der Waals surface area contributed by atoms with Gasteiger partial charge in [-0.15, -0.1) is 18.2 Å². The fourth-order valence-electron chi connectivity index (χ4n) is 0.803. The Morgan fingerprint density at radius 3 is 2.79 bits per heavy atom. The van der Waals surface area contributed by atoms with E-state index in [-0.39, 0.29) is 5.76 Å². The molecular weight excluding hydrogens is 192 g/mol. The molecule has 0 rings (SSSR count). The highest BCUT2D eigenvalue weighted by molar-refractivity contribution is 8.03. The molecule has 0 amide bonds. The zero-order valence-corrected chi connectivity index (χ0v) is 9.53. The van der Waals surface area contributed by atoms with Gasteiger partial charge in [-0.25, -0.2) is 0 Å². The third-order valence-corrected chi connectivity index (χ3v) is 2.79. The van der Waals surface area contributed by atoms with Crippen molar-refractivity contribution in [3.63, 3.8) is 0 Å². The average molecular weight is 208 g/mol. The summed E-state index contributed by atoms with van der Waals surface area (Å²) < 4.78 is -0.416. The molecule has 0 aromatic rings. The molecule has 0 bridgehead atoms. The molecular formula is C12H16OS. The first-order valence-corrected chi connectivity index (χ1v) is 5.34. The summed E-state index contributed by atoms with van der Waals surface area (Å²) in [6, 6.07) is 0. The summed E-state index contributed by atoms with van der Waals surface area (Å²) in [4.78, 5) is 0. The number of thioether (sulfide) groups is 1. The van der Waals surface area contributed by atoms with Crippen LogP contribution < -0.4 is 0 Å². The van der Waals surface area contributed by atoms with Crippen LogP contribution in [0.5, 0.6) is 0 Å². The van der Waals surface area contributed by atoms with E-state index in [4.69, 9.17) is 6.42 Å². The highest BCUT2D eigenvalue weighted by atomic mass is 32.2. The molecule has 0 aliphatic heterocycles. The van der Waals surface area contributed by atoms with Crippen LogP contribution >= 0.6 is 11.8 Å². The maximum atomic E-state index is 9.29. The van der Waals surface area contributed by atoms with Crippen molar-refractivity contribution in [2.75, 3.05) is 0 Å². The number of hydrogen-bond acceptors (Lipinski definition) is 2. The number of rotatable bonds is 5. The third-order valence-electron chi connectivity index (χ3n) is 1.67. The zero-order chi connectivity index (χ0) is 11.0. The lowest BCUT2D eigenvalue weighted by Crippen LogP contribution is -2.16. The highest BCUT2D eigenvalue weighted by Gasteiger charge is 2.22. The van der Waals surface area contributed by atoms with E-state index in [0.29, 0.717) is 6.42 Å². The van der Waals surface area contributed by atoms with Crippen LogP contribution in [0.15, 0.2) is 29.6 Å². The summed E-state index contributed by atoms with van der Waals surface area (Å²) in [5.74, 6) is 2.78. The Bertz CT molecular complexity index is 292. The van der Waals surface area contributed by atoms with Gasteiger partial charge in [0.05, 0.1) is 4.75 Å². The topological polar surface area (TPSA) is 20.2 Å². The minimum Gasteiger partial charge on any atom is -0.505 e. The number of allylic oxidation sites excluding steroid dienone is 2. The molecule has 0 spiro atoms. The van der Waals surface area contributed by atoms with Gasteiger partial charge < -0.3 is 5.11 Å². The summed E-state index contributed by atoms with van der Waals surface area (Å²) in [5.41, 5.74) is 2.43. The normalized spacial score (nSPS) is 14.4. The van der Waals surface area contributed by atoms with Gasteiger partial charge in [0.2, 0.25) is 0 Å². The minimum absolute atomic E-state index is 0.114. The van der Waals surface area contributed by atoms with Crippen molar-refractivity contribution < 1.29 is 5.11 Å². The summed E-state index contributed by atoms with van der Waals surface area (Å²) >= 11 is 1.53. The van der Waals surface area contributed by atoms with E-state index >= 15 is 0 Å². The Balaban J connectivity index is 4.42. The molecule has 0 fully saturated rings. The molecule has 0 aliphatic rings. The van der Waals surface area contributed by atoms with E-state index in [2.05, 4.69) is 25.2 Å². The second-order valence-electron chi connectivity index (χ2n) is 3.07. The van der Waals surface area contributed by atoms with Gasteiger partial charge in [-0.2, -0.15) is 0 Å². The van der Waals surface area contributed by atoms with Crippen LogP contribution in [-0.4, -0.2) is 9.85 Å². The number of terminal acetylenes is 1. The minimum atomic E-state index is -0.416. The number of aliphatic hydroxyl groups excluding tert-OH is 1. The van der Waals surface area contributed by atoms with Gasteiger partial charge in [-0.05, 0) is 18.8 Å². The van der Waals surface area contributed by atoms with Crippen LogP contribution in [0.3, 0.4) is 0 Å². The summed E-state index contributed by atoms with van der Waals surface area (Å²) in [6.45, 7) is 7.34. The molecule has 14 heavy (non-hydrogen) atoms. The third kappa shape index (κ3) is 4.87. The van der Waals surface area contributed by atoms with Crippen molar-refractivity contribution in [1.29, 1.82) is 0 Å². The second kappa shape index (κ2) is 6.43. The Labute approximate surface area is 90.6 Å². The smallest absolute Gasteiger partial charge is 0.136 e. The fraction of sp³-hybridized carbons (Fsp3) is 0.417. The molecule has 76 valence electrons. The van der Waals surface area contributed by atoms with E-state index < -0.39 is 4.75 Å². The van der Waals surface area contributed by atoms with Crippen LogP contribution in [-0.2, 0) is 0 Å². The van der Waals surface area contributed by atoms with Crippen molar-refractivity contribution in [2.45, 2.75) is 31.4 Å². The predicted molar refractivity (Wildman–Crippen MR) is 64.2 cm³/mol. The SMILES string of the molecule is C#CC(C)(CC(O)=C=C)S/C=C\CC. The van der Waals surface area contributed by atoms with Crippen molar-refractivity contribution >= 4 is 11.8 Å². The van der Waals surface area contributed by atoms with E-state index in [9.17, 15) is 5.11 Å². The quantitative estimate of drug-likeness (QED) is 0.423. The van der Waals surface area contributed by atoms with E-state index in [1.165, 1.54) is 11.8 Å². The fourth-order valence-corrected chi connectivity index (χ4v) is 1.68. The highest BCUT2D eigenvalue weighted by Crippen LogP contribution is 2.31. The Kier molecular flexibility index (Phi) is 5.95.